The van der Waals surface area contributed by atoms with Crippen LogP contribution in [0.15, 0.2) is 24.5 Å². The van der Waals surface area contributed by atoms with Crippen LogP contribution < -0.4 is 5.73 Å². The lowest BCUT2D eigenvalue weighted by atomic mass is 9.89. The summed E-state index contributed by atoms with van der Waals surface area (Å²) in [6, 6.07) is 4.39. The molecule has 2 aromatic rings. The highest BCUT2D eigenvalue weighted by Crippen LogP contribution is 2.31. The first kappa shape index (κ1) is 11.7. The molecule has 0 radical (unpaired) electrons. The predicted molar refractivity (Wildman–Crippen MR) is 73.5 cm³/mol. The Hall–Kier alpha value is -1.39. The molecule has 4 heteroatoms. The first-order chi connectivity index (χ1) is 8.65. The molecular weight excluding hydrogens is 224 g/mol. The van der Waals surface area contributed by atoms with Crippen LogP contribution in [0, 0.1) is 0 Å². The van der Waals surface area contributed by atoms with Gasteiger partial charge in [-0.25, -0.2) is 0 Å². The van der Waals surface area contributed by atoms with Gasteiger partial charge in [0.15, 0.2) is 0 Å². The highest BCUT2D eigenvalue weighted by molar-refractivity contribution is 5.80. The third-order valence-electron chi connectivity index (χ3n) is 3.88. The number of nitrogens with zero attached hydrogens (tertiary/aromatic N) is 3. The number of hydrogen-bond acceptors (Lipinski definition) is 3. The maximum atomic E-state index is 6.13. The zero-order valence-electron chi connectivity index (χ0n) is 11.0. The van der Waals surface area contributed by atoms with Crippen molar-refractivity contribution in [1.82, 2.24) is 14.5 Å². The van der Waals surface area contributed by atoms with E-state index in [2.05, 4.69) is 40.8 Å². The number of fused-ring (bicyclic) bond motifs is 1. The van der Waals surface area contributed by atoms with Gasteiger partial charge < -0.3 is 15.2 Å². The summed E-state index contributed by atoms with van der Waals surface area (Å²) in [5, 5.41) is 0. The third-order valence-corrected chi connectivity index (χ3v) is 3.88. The van der Waals surface area contributed by atoms with Crippen LogP contribution in [0.25, 0.3) is 11.0 Å². The molecule has 96 valence electrons. The van der Waals surface area contributed by atoms with Gasteiger partial charge in [0, 0.05) is 50.1 Å². The van der Waals surface area contributed by atoms with Crippen LogP contribution in [-0.4, -0.2) is 40.6 Å². The van der Waals surface area contributed by atoms with Crippen molar-refractivity contribution < 1.29 is 0 Å². The van der Waals surface area contributed by atoms with Crippen LogP contribution >= 0.6 is 0 Å². The first-order valence-corrected chi connectivity index (χ1v) is 6.49. The van der Waals surface area contributed by atoms with Crippen LogP contribution in [0.5, 0.6) is 0 Å². The summed E-state index contributed by atoms with van der Waals surface area (Å²) in [6.07, 6.45) is 5.15. The molecule has 0 amide bonds. The van der Waals surface area contributed by atoms with E-state index < -0.39 is 0 Å². The van der Waals surface area contributed by atoms with E-state index in [9.17, 15) is 0 Å². The molecule has 0 aliphatic carbocycles. The second-order valence-corrected chi connectivity index (χ2v) is 5.48. The van der Waals surface area contributed by atoms with Crippen molar-refractivity contribution in [2.24, 2.45) is 12.8 Å². The minimum absolute atomic E-state index is 0.271. The lowest BCUT2D eigenvalue weighted by molar-refractivity contribution is 0.227. The number of rotatable bonds is 1. The summed E-state index contributed by atoms with van der Waals surface area (Å²) >= 11 is 0. The molecule has 4 nitrogen and oxygen atoms in total. The Kier molecular flexibility index (Phi) is 2.84. The molecule has 0 bridgehead atoms. The van der Waals surface area contributed by atoms with E-state index in [0.717, 1.165) is 25.0 Å². The molecule has 18 heavy (non-hydrogen) atoms. The monoisotopic (exact) mass is 244 g/mol. The average molecular weight is 244 g/mol. The van der Waals surface area contributed by atoms with Crippen LogP contribution in [0.1, 0.15) is 17.9 Å². The summed E-state index contributed by atoms with van der Waals surface area (Å²) in [6.45, 7) is 2.07. The number of likely N-dealkylation sites (N-methyl/N-ethyl adjacent to an activating group) is 1. The van der Waals surface area contributed by atoms with E-state index in [4.69, 9.17) is 5.73 Å². The van der Waals surface area contributed by atoms with Gasteiger partial charge in [-0.3, -0.25) is 4.98 Å². The van der Waals surface area contributed by atoms with Crippen LogP contribution in [0.4, 0.5) is 0 Å². The second-order valence-electron chi connectivity index (χ2n) is 5.48. The summed E-state index contributed by atoms with van der Waals surface area (Å²) < 4.78 is 2.16. The number of aryl methyl sites for hydroxylation is 1. The largest absolute Gasteiger partial charge is 0.349 e. The fourth-order valence-electron chi connectivity index (χ4n) is 3.13. The standard InChI is InChI=1S/C14H20N4/c1-17-7-10(6-11(15)8-17)12-9-18(2)13-4-3-5-16-14(12)13/h3-5,9-11H,6-8,15H2,1-2H3. The minimum Gasteiger partial charge on any atom is -0.349 e. The molecule has 3 heterocycles. The Morgan fingerprint density at radius 2 is 2.17 bits per heavy atom. The fourth-order valence-corrected chi connectivity index (χ4v) is 3.13. The summed E-state index contributed by atoms with van der Waals surface area (Å²) in [4.78, 5) is 6.87. The smallest absolute Gasteiger partial charge is 0.0916 e. The van der Waals surface area contributed by atoms with Crippen molar-refractivity contribution in [3.63, 3.8) is 0 Å². The SMILES string of the molecule is CN1CC(N)CC(c2cn(C)c3cccnc23)C1. The van der Waals surface area contributed by atoms with E-state index in [1.54, 1.807) is 0 Å². The minimum atomic E-state index is 0.271. The van der Waals surface area contributed by atoms with Crippen molar-refractivity contribution in [2.75, 3.05) is 20.1 Å². The summed E-state index contributed by atoms with van der Waals surface area (Å²) in [7, 11) is 4.23. The van der Waals surface area contributed by atoms with Gasteiger partial charge >= 0.3 is 0 Å². The van der Waals surface area contributed by atoms with E-state index >= 15 is 0 Å². The Labute approximate surface area is 107 Å². The van der Waals surface area contributed by atoms with Gasteiger partial charge in [-0.2, -0.15) is 0 Å². The summed E-state index contributed by atoms with van der Waals surface area (Å²) in [5.41, 5.74) is 9.81. The average Bonchev–Trinajstić information content (AvgIpc) is 2.66. The molecule has 1 fully saturated rings. The molecule has 0 saturated carbocycles. The van der Waals surface area contributed by atoms with E-state index in [0.29, 0.717) is 5.92 Å². The maximum Gasteiger partial charge on any atom is 0.0916 e. The number of piperidine rings is 1. The molecular formula is C14H20N4. The van der Waals surface area contributed by atoms with Crippen LogP contribution in [0.3, 0.4) is 0 Å². The van der Waals surface area contributed by atoms with E-state index in [-0.39, 0.29) is 6.04 Å². The van der Waals surface area contributed by atoms with Crippen LogP contribution in [0.2, 0.25) is 0 Å². The molecule has 1 saturated heterocycles. The van der Waals surface area contributed by atoms with Crippen molar-refractivity contribution in [2.45, 2.75) is 18.4 Å². The zero-order chi connectivity index (χ0) is 12.7. The zero-order valence-corrected chi connectivity index (χ0v) is 11.0. The highest BCUT2D eigenvalue weighted by atomic mass is 15.1. The van der Waals surface area contributed by atoms with Crippen LogP contribution in [-0.2, 0) is 7.05 Å². The molecule has 2 N–H and O–H groups in total. The molecule has 1 aliphatic rings. The number of likely N-dealkylation sites (tertiary alicyclic amines) is 1. The predicted octanol–water partition coefficient (Wildman–Crippen LogP) is 1.32. The van der Waals surface area contributed by atoms with Gasteiger partial charge in [-0.1, -0.05) is 0 Å². The Balaban J connectivity index is 2.03. The molecule has 0 spiro atoms. The van der Waals surface area contributed by atoms with Gasteiger partial charge in [0.25, 0.3) is 0 Å². The first-order valence-electron chi connectivity index (χ1n) is 6.49. The molecule has 2 unspecified atom stereocenters. The topological polar surface area (TPSA) is 47.1 Å². The second kappa shape index (κ2) is 4.37. The number of aromatic nitrogens is 2. The Bertz CT molecular complexity index is 550. The highest BCUT2D eigenvalue weighted by Gasteiger charge is 2.26. The maximum absolute atomic E-state index is 6.13. The normalized spacial score (nSPS) is 25.7. The van der Waals surface area contributed by atoms with E-state index in [1.807, 2.05) is 12.3 Å². The van der Waals surface area contributed by atoms with Gasteiger partial charge in [-0.05, 0) is 25.6 Å². The third kappa shape index (κ3) is 1.91. The number of nitrogens with two attached hydrogens (primary N) is 1. The fraction of sp³-hybridized carbons (Fsp3) is 0.500. The molecule has 3 rings (SSSR count). The quantitative estimate of drug-likeness (QED) is 0.823. The number of pyridine rings is 1. The molecule has 1 aliphatic heterocycles. The molecule has 2 atom stereocenters. The lowest BCUT2D eigenvalue weighted by Gasteiger charge is -2.33. The molecule has 0 aromatic carbocycles. The van der Waals surface area contributed by atoms with Gasteiger partial charge in [0.2, 0.25) is 0 Å². The van der Waals surface area contributed by atoms with Gasteiger partial charge in [-0.15, -0.1) is 0 Å². The van der Waals surface area contributed by atoms with E-state index in [1.165, 1.54) is 11.1 Å². The van der Waals surface area contributed by atoms with Gasteiger partial charge in [0.1, 0.15) is 0 Å². The Morgan fingerprint density at radius 1 is 1.33 bits per heavy atom. The van der Waals surface area contributed by atoms with Gasteiger partial charge in [0.05, 0.1) is 11.0 Å². The Morgan fingerprint density at radius 3 is 2.94 bits per heavy atom. The van der Waals surface area contributed by atoms with Crippen molar-refractivity contribution >= 4 is 11.0 Å². The lowest BCUT2D eigenvalue weighted by Crippen LogP contribution is -2.44. The number of hydrogen-bond donors (Lipinski definition) is 1. The molecule has 2 aromatic heterocycles. The van der Waals surface area contributed by atoms with Crippen molar-refractivity contribution in [3.05, 3.63) is 30.1 Å². The van der Waals surface area contributed by atoms with Crippen molar-refractivity contribution in [3.8, 4) is 0 Å². The van der Waals surface area contributed by atoms with Crippen molar-refractivity contribution in [1.29, 1.82) is 0 Å². The summed E-state index contributed by atoms with van der Waals surface area (Å²) in [5.74, 6) is 0.498.